The number of terminal acetylenes is 2. The summed E-state index contributed by atoms with van der Waals surface area (Å²) < 4.78 is 8.37. The Bertz CT molecular complexity index is 1910. The molecule has 1 fully saturated rings. The van der Waals surface area contributed by atoms with E-state index < -0.39 is 24.2 Å². The maximum atomic E-state index is 14.2. The summed E-state index contributed by atoms with van der Waals surface area (Å²) in [7, 11) is 5.12. The van der Waals surface area contributed by atoms with Gasteiger partial charge in [0.05, 0.1) is 42.2 Å². The van der Waals surface area contributed by atoms with Crippen LogP contribution in [0.15, 0.2) is 92.6 Å². The molecule has 2 aliphatic heterocycles. The van der Waals surface area contributed by atoms with Crippen LogP contribution in [0.4, 0.5) is 0 Å². The Morgan fingerprint density at radius 1 is 1.03 bits per heavy atom. The van der Waals surface area contributed by atoms with Gasteiger partial charge in [0.2, 0.25) is 23.6 Å². The maximum absolute atomic E-state index is 14.2. The molecule has 12 N–H and O–H groups in total. The molecular weight excluding hydrogens is 989 g/mol. The molecule has 1 unspecified atom stereocenters. The van der Waals surface area contributed by atoms with Gasteiger partial charge < -0.3 is 53.0 Å². The first-order chi connectivity index (χ1) is 34.9. The molecule has 1 aromatic rings. The van der Waals surface area contributed by atoms with Crippen molar-refractivity contribution < 1.29 is 23.9 Å². The van der Waals surface area contributed by atoms with E-state index in [-0.39, 0.29) is 29.7 Å². The summed E-state index contributed by atoms with van der Waals surface area (Å²) in [5, 5.41) is 29.8. The average molecular weight is 1070 g/mol. The van der Waals surface area contributed by atoms with E-state index in [4.69, 9.17) is 16.6 Å². The lowest BCUT2D eigenvalue weighted by molar-refractivity contribution is -0.139. The fraction of sp³-hybridized carbons (Fsp3) is 0.529. The molecule has 17 nitrogen and oxygen atoms in total. The van der Waals surface area contributed by atoms with Crippen molar-refractivity contribution in [2.75, 3.05) is 70.6 Å². The van der Waals surface area contributed by atoms with Crippen molar-refractivity contribution in [3.8, 4) is 25.2 Å². The van der Waals surface area contributed by atoms with Gasteiger partial charge >= 0.3 is 0 Å². The van der Waals surface area contributed by atoms with Gasteiger partial charge in [-0.05, 0) is 63.4 Å². The Morgan fingerprint density at radius 2 is 1.68 bits per heavy atom. The number of unbranched alkanes of at least 4 members (excludes halogenated alkanes) is 2. The number of carbonyl (C=O) groups is 4. The van der Waals surface area contributed by atoms with Gasteiger partial charge in [-0.25, -0.2) is 0 Å². The van der Waals surface area contributed by atoms with Gasteiger partial charge in [-0.15, -0.1) is 41.5 Å². The molecular formula is C51H84N12O5S4. The Labute approximate surface area is 448 Å². The third-order valence-electron chi connectivity index (χ3n) is 9.93. The number of carbonyl (C=O) groups excluding carboxylic acids is 4. The molecule has 0 aliphatic carbocycles. The highest BCUT2D eigenvalue weighted by Gasteiger charge is 2.38. The van der Waals surface area contributed by atoms with Crippen LogP contribution in [0.1, 0.15) is 78.7 Å². The summed E-state index contributed by atoms with van der Waals surface area (Å²) in [4.78, 5) is 57.0. The average Bonchev–Trinajstić information content (AvgIpc) is 3.80. The fourth-order valence-corrected chi connectivity index (χ4v) is 9.22. The summed E-state index contributed by atoms with van der Waals surface area (Å²) in [6.45, 7) is 15.2. The van der Waals surface area contributed by atoms with Crippen LogP contribution < -0.4 is 48.5 Å². The first kappa shape index (κ1) is 69.6. The molecule has 0 saturated carbocycles. The van der Waals surface area contributed by atoms with E-state index >= 15 is 0 Å². The lowest BCUT2D eigenvalue weighted by Gasteiger charge is -2.29. The molecule has 21 heteroatoms. The zero-order chi connectivity index (χ0) is 54.5. The maximum Gasteiger partial charge on any atom is 0.248 e. The van der Waals surface area contributed by atoms with E-state index in [0.717, 1.165) is 47.2 Å². The number of ether oxygens (including phenoxy) is 1. The Kier molecular flexibility index (Phi) is 44.7. The first-order valence-electron chi connectivity index (χ1n) is 23.9. The Balaban J connectivity index is 0. The molecule has 0 aromatic heterocycles. The summed E-state index contributed by atoms with van der Waals surface area (Å²) in [6, 6.07) is 6.76. The van der Waals surface area contributed by atoms with Crippen molar-refractivity contribution in [2.45, 2.75) is 103 Å². The molecule has 2 aliphatic rings. The summed E-state index contributed by atoms with van der Waals surface area (Å²) in [6.07, 6.45) is 25.5. The highest BCUT2D eigenvalue weighted by Crippen LogP contribution is 2.27. The lowest BCUT2D eigenvalue weighted by atomic mass is 10.0. The van der Waals surface area contributed by atoms with Crippen LogP contribution in [0.3, 0.4) is 0 Å². The number of likely N-dealkylation sites (N-methyl/N-ethyl adjacent to an activating group) is 1. The number of thioether (sulfide) groups is 2. The second kappa shape index (κ2) is 46.3. The third-order valence-corrected chi connectivity index (χ3v) is 13.2. The molecule has 3 rings (SSSR count). The van der Waals surface area contributed by atoms with Gasteiger partial charge in [0.1, 0.15) is 22.1 Å². The van der Waals surface area contributed by atoms with Crippen molar-refractivity contribution in [2.24, 2.45) is 26.2 Å². The Hall–Kier alpha value is -4.52. The van der Waals surface area contributed by atoms with Crippen molar-refractivity contribution in [3.05, 3.63) is 88.5 Å². The second-order valence-electron chi connectivity index (χ2n) is 15.2. The van der Waals surface area contributed by atoms with Gasteiger partial charge in [-0.3, -0.25) is 24.3 Å². The number of allylic oxidation sites excluding steroid dienone is 5. The van der Waals surface area contributed by atoms with Crippen LogP contribution in [0.5, 0.6) is 0 Å². The van der Waals surface area contributed by atoms with Crippen molar-refractivity contribution in [3.63, 3.8) is 0 Å². The fourth-order valence-electron chi connectivity index (χ4n) is 6.29. The smallest absolute Gasteiger partial charge is 0.248 e. The van der Waals surface area contributed by atoms with E-state index in [2.05, 4.69) is 78.0 Å². The second-order valence-corrected chi connectivity index (χ2v) is 18.9. The lowest BCUT2D eigenvalue weighted by Crippen LogP contribution is -2.54. The quantitative estimate of drug-likeness (QED) is 0.0206. The number of amides is 4. The topological polar surface area (TPSA) is 256 Å². The predicted octanol–water partition coefficient (Wildman–Crippen LogP) is 5.88. The van der Waals surface area contributed by atoms with Crippen molar-refractivity contribution >= 4 is 76.7 Å². The minimum atomic E-state index is -0.792. The molecule has 1 aromatic carbocycles. The summed E-state index contributed by atoms with van der Waals surface area (Å²) >= 11 is 5.04. The number of hydrogen-bond donors (Lipinski definition) is 9. The normalized spacial score (nSPS) is 15.9. The number of methoxy groups -OCH3 is 1. The van der Waals surface area contributed by atoms with Crippen molar-refractivity contribution in [1.29, 1.82) is 0 Å². The molecule has 1 saturated heterocycles. The molecule has 402 valence electrons. The van der Waals surface area contributed by atoms with E-state index in [1.165, 1.54) is 11.8 Å². The predicted molar refractivity (Wildman–Crippen MR) is 309 cm³/mol. The third kappa shape index (κ3) is 29.2. The van der Waals surface area contributed by atoms with Crippen LogP contribution in [-0.2, 0) is 23.9 Å². The summed E-state index contributed by atoms with van der Waals surface area (Å²) in [5.41, 5.74) is 14.2. The zero-order valence-corrected chi connectivity index (χ0v) is 47.0. The van der Waals surface area contributed by atoms with Crippen LogP contribution >= 0.6 is 47.4 Å². The largest absolute Gasteiger partial charge is 0.396 e. The minimum Gasteiger partial charge on any atom is -0.396 e. The van der Waals surface area contributed by atoms with Gasteiger partial charge in [0, 0.05) is 57.0 Å². The molecule has 5 atom stereocenters. The zero-order valence-electron chi connectivity index (χ0n) is 43.7. The van der Waals surface area contributed by atoms with Crippen molar-refractivity contribution in [1.82, 2.24) is 36.8 Å². The van der Waals surface area contributed by atoms with E-state index in [1.54, 1.807) is 43.9 Å². The van der Waals surface area contributed by atoms with E-state index in [0.29, 0.717) is 91.4 Å². The van der Waals surface area contributed by atoms with Crippen LogP contribution in [-0.4, -0.2) is 129 Å². The van der Waals surface area contributed by atoms with Gasteiger partial charge in [-0.1, -0.05) is 107 Å². The molecule has 4 amide bonds. The monoisotopic (exact) mass is 1070 g/mol. The number of nitrogens with zero attached hydrogens (tertiary/aromatic N) is 3. The van der Waals surface area contributed by atoms with E-state index in [9.17, 15) is 19.2 Å². The molecule has 0 radical (unpaired) electrons. The molecule has 0 spiro atoms. The van der Waals surface area contributed by atoms with Gasteiger partial charge in [-0.2, -0.15) is 16.9 Å². The number of hydrogen-bond acceptors (Lipinski definition) is 17. The minimum absolute atomic E-state index is 0.110. The van der Waals surface area contributed by atoms with Crippen LogP contribution in [0.2, 0.25) is 0 Å². The molecule has 0 bridgehead atoms. The van der Waals surface area contributed by atoms with Crippen LogP contribution in [0, 0.1) is 25.2 Å². The standard InChI is InChI=1S/C42H66N12O4S4.C3H4.C2H6O.C2H6.C2H2/c1-5-7-8-11-18-31-21-23-49-53-62-40(31)51-38(56)34(26-59-6-2)50-37(55)32(47-24-22-43)19-14-10-15-20-33(48-25-29(3)46-4)42(58)54-28-60-27-35(54)39(57)52-41(61-45)36(44)30-16-12-9-13-17-30;2*1-3-2;2*1-2/h5,7-9,11-13,16-18,29,32-35,46-48H,1,6,10,14-15,19-28,43-45H2,2-4H3,(H,50,55)(H,51,56)(H,52,57);1H,2H3;1-2H3;1-2H3;1-2H/b8-7-,18-11+,41-36-;;;;/t29-,32-,33?,34-,35-;;;;/m0..../s1. The molecule has 72 heavy (non-hydrogen) atoms. The number of nitrogens with two attached hydrogens (primary N) is 3. The number of rotatable bonds is 28. The highest BCUT2D eigenvalue weighted by atomic mass is 32.2. The SMILES string of the molecule is C#C.C#CC.C=C/C=C\C=C\C1=C(NC(=O)[C@H](CSCC)NC(=O)[C@H](CCCCCC(NC[C@H](C)NC)C(=O)N2CSC[C@H]2C(=O)N/C(SN)=C(/N)c2ccccc2)NCCN)SN=NCC1.CC.COC. The number of benzene rings is 1. The van der Waals surface area contributed by atoms with Gasteiger partial charge in [0.15, 0.2) is 0 Å². The van der Waals surface area contributed by atoms with E-state index in [1.807, 2.05) is 89.4 Å². The first-order valence-corrected chi connectivity index (χ1v) is 27.8. The highest BCUT2D eigenvalue weighted by molar-refractivity contribution is 8.01. The Morgan fingerprint density at radius 3 is 2.28 bits per heavy atom. The summed E-state index contributed by atoms with van der Waals surface area (Å²) in [5.74, 6) is 3.13. The molecule has 2 heterocycles. The number of nitrogens with one attached hydrogen (secondary N) is 6. The van der Waals surface area contributed by atoms with Gasteiger partial charge in [0.25, 0.3) is 0 Å². The van der Waals surface area contributed by atoms with Crippen LogP contribution in [0.25, 0.3) is 5.70 Å².